The molecule has 0 bridgehead atoms. The number of hydrogen-bond donors (Lipinski definition) is 2. The van der Waals surface area contributed by atoms with Crippen molar-refractivity contribution in [1.82, 2.24) is 5.32 Å². The third kappa shape index (κ3) is 4.41. The van der Waals surface area contributed by atoms with Crippen LogP contribution in [0.15, 0.2) is 42.5 Å². The van der Waals surface area contributed by atoms with Crippen LogP contribution < -0.4 is 29.6 Å². The van der Waals surface area contributed by atoms with Crippen LogP contribution in [0.4, 0.5) is 5.69 Å². The minimum atomic E-state index is -0.810. The van der Waals surface area contributed by atoms with Crippen molar-refractivity contribution in [2.75, 3.05) is 32.7 Å². The predicted octanol–water partition coefficient (Wildman–Crippen LogP) is 1.60. The second-order valence-electron chi connectivity index (χ2n) is 5.73. The topological polar surface area (TPSA) is 95.1 Å². The van der Waals surface area contributed by atoms with Gasteiger partial charge in [-0.3, -0.25) is 9.59 Å². The van der Waals surface area contributed by atoms with Crippen molar-refractivity contribution < 1.29 is 28.5 Å². The highest BCUT2D eigenvalue weighted by Crippen LogP contribution is 2.31. The molecule has 0 saturated carbocycles. The van der Waals surface area contributed by atoms with Gasteiger partial charge in [0.25, 0.3) is 0 Å². The van der Waals surface area contributed by atoms with Crippen LogP contribution in [0.5, 0.6) is 23.0 Å². The monoisotopic (exact) mass is 372 g/mol. The number of amides is 2. The van der Waals surface area contributed by atoms with E-state index in [0.717, 1.165) is 0 Å². The highest BCUT2D eigenvalue weighted by molar-refractivity contribution is 6.39. The molecule has 2 amide bonds. The first-order chi connectivity index (χ1) is 13.1. The summed E-state index contributed by atoms with van der Waals surface area (Å²) in [5, 5.41) is 5.05. The van der Waals surface area contributed by atoms with Crippen LogP contribution in [0.2, 0.25) is 0 Å². The summed E-state index contributed by atoms with van der Waals surface area (Å²) in [5.41, 5.74) is 0.365. The van der Waals surface area contributed by atoms with Gasteiger partial charge in [-0.15, -0.1) is 0 Å². The minimum Gasteiger partial charge on any atom is -0.497 e. The molecule has 1 aliphatic rings. The molecule has 1 heterocycles. The molecule has 2 aromatic carbocycles. The van der Waals surface area contributed by atoms with Gasteiger partial charge in [0.15, 0.2) is 11.5 Å². The van der Waals surface area contributed by atoms with Crippen molar-refractivity contribution >= 4 is 17.5 Å². The van der Waals surface area contributed by atoms with Crippen molar-refractivity contribution in [3.8, 4) is 23.0 Å². The SMILES string of the molecule is COc1ccc(NC(=O)C(=O)NCC2COc3ccccc3O2)c(OC)c1. The van der Waals surface area contributed by atoms with E-state index in [4.69, 9.17) is 18.9 Å². The first kappa shape index (κ1) is 18.4. The largest absolute Gasteiger partial charge is 0.497 e. The van der Waals surface area contributed by atoms with Gasteiger partial charge >= 0.3 is 11.8 Å². The number of rotatable bonds is 5. The molecule has 1 unspecified atom stereocenters. The van der Waals surface area contributed by atoms with E-state index < -0.39 is 11.8 Å². The molecule has 1 atom stereocenters. The molecular formula is C19H20N2O6. The van der Waals surface area contributed by atoms with Gasteiger partial charge in [0.1, 0.15) is 24.2 Å². The van der Waals surface area contributed by atoms with Gasteiger partial charge in [0, 0.05) is 6.07 Å². The van der Waals surface area contributed by atoms with Gasteiger partial charge in [0.05, 0.1) is 26.5 Å². The molecule has 1 aliphatic heterocycles. The molecule has 3 rings (SSSR count). The van der Waals surface area contributed by atoms with E-state index in [0.29, 0.717) is 28.7 Å². The first-order valence-electron chi connectivity index (χ1n) is 8.30. The number of methoxy groups -OCH3 is 2. The average Bonchev–Trinajstić information content (AvgIpc) is 2.72. The molecule has 0 radical (unpaired) electrons. The molecule has 8 heteroatoms. The summed E-state index contributed by atoms with van der Waals surface area (Å²) in [6.07, 6.45) is -0.382. The second kappa shape index (κ2) is 8.31. The zero-order valence-electron chi connectivity index (χ0n) is 15.0. The Kier molecular flexibility index (Phi) is 5.65. The lowest BCUT2D eigenvalue weighted by Gasteiger charge is -2.26. The van der Waals surface area contributed by atoms with E-state index in [9.17, 15) is 9.59 Å². The van der Waals surface area contributed by atoms with Crippen molar-refractivity contribution in [3.63, 3.8) is 0 Å². The third-order valence-corrected chi connectivity index (χ3v) is 3.92. The number of benzene rings is 2. The number of ether oxygens (including phenoxy) is 4. The summed E-state index contributed by atoms with van der Waals surface area (Å²) in [6, 6.07) is 12.1. The lowest BCUT2D eigenvalue weighted by atomic mass is 10.2. The predicted molar refractivity (Wildman–Crippen MR) is 97.5 cm³/mol. The van der Waals surface area contributed by atoms with Crippen LogP contribution in [0.1, 0.15) is 0 Å². The Bertz CT molecular complexity index is 839. The summed E-state index contributed by atoms with van der Waals surface area (Å²) < 4.78 is 21.6. The quantitative estimate of drug-likeness (QED) is 0.774. The van der Waals surface area contributed by atoms with Gasteiger partial charge in [0.2, 0.25) is 0 Å². The molecule has 0 aliphatic carbocycles. The van der Waals surface area contributed by atoms with Crippen LogP contribution in [0, 0.1) is 0 Å². The summed E-state index contributed by atoms with van der Waals surface area (Å²) >= 11 is 0. The number of carbonyl (C=O) groups is 2. The van der Waals surface area contributed by atoms with Crippen LogP contribution in [0.3, 0.4) is 0 Å². The van der Waals surface area contributed by atoms with Crippen LogP contribution in [-0.4, -0.2) is 45.3 Å². The molecule has 27 heavy (non-hydrogen) atoms. The van der Waals surface area contributed by atoms with Crippen LogP contribution in [0.25, 0.3) is 0 Å². The number of anilines is 1. The molecule has 0 saturated heterocycles. The molecule has 0 fully saturated rings. The van der Waals surface area contributed by atoms with E-state index >= 15 is 0 Å². The lowest BCUT2D eigenvalue weighted by Crippen LogP contribution is -2.44. The standard InChI is InChI=1S/C19H20N2O6/c1-24-12-7-8-14(17(9-12)25-2)21-19(23)18(22)20-10-13-11-26-15-5-3-4-6-16(15)27-13/h3-9,13H,10-11H2,1-2H3,(H,20,22)(H,21,23). The van der Waals surface area contributed by atoms with Crippen molar-refractivity contribution in [1.29, 1.82) is 0 Å². The fourth-order valence-electron chi connectivity index (χ4n) is 2.53. The molecule has 0 spiro atoms. The molecule has 142 valence electrons. The van der Waals surface area contributed by atoms with Gasteiger partial charge in [-0.2, -0.15) is 0 Å². The summed E-state index contributed by atoms with van der Waals surface area (Å²) in [6.45, 7) is 0.422. The maximum absolute atomic E-state index is 12.1. The van der Waals surface area contributed by atoms with Gasteiger partial charge < -0.3 is 29.6 Å². The fraction of sp³-hybridized carbons (Fsp3) is 0.263. The van der Waals surface area contributed by atoms with Gasteiger partial charge in [-0.05, 0) is 24.3 Å². The number of nitrogens with one attached hydrogen (secondary N) is 2. The number of fused-ring (bicyclic) bond motifs is 1. The van der Waals surface area contributed by atoms with Gasteiger partial charge in [-0.25, -0.2) is 0 Å². The van der Waals surface area contributed by atoms with Crippen molar-refractivity contribution in [2.24, 2.45) is 0 Å². The maximum atomic E-state index is 12.1. The van der Waals surface area contributed by atoms with Gasteiger partial charge in [-0.1, -0.05) is 12.1 Å². The minimum absolute atomic E-state index is 0.139. The molecule has 0 aromatic heterocycles. The van der Waals surface area contributed by atoms with E-state index in [2.05, 4.69) is 10.6 Å². The Morgan fingerprint density at radius 1 is 1.07 bits per heavy atom. The van der Waals surface area contributed by atoms with E-state index in [1.165, 1.54) is 14.2 Å². The van der Waals surface area contributed by atoms with E-state index in [1.54, 1.807) is 30.3 Å². The average molecular weight is 372 g/mol. The highest BCUT2D eigenvalue weighted by Gasteiger charge is 2.23. The normalized spacial score (nSPS) is 14.8. The Labute approximate surface area is 156 Å². The van der Waals surface area contributed by atoms with E-state index in [1.807, 2.05) is 12.1 Å². The number of para-hydroxylation sites is 2. The van der Waals surface area contributed by atoms with Crippen molar-refractivity contribution in [2.45, 2.75) is 6.10 Å². The zero-order valence-corrected chi connectivity index (χ0v) is 15.0. The Morgan fingerprint density at radius 3 is 2.59 bits per heavy atom. The summed E-state index contributed by atoms with van der Waals surface area (Å²) in [7, 11) is 2.98. The Hall–Kier alpha value is -3.42. The van der Waals surface area contributed by atoms with Crippen molar-refractivity contribution in [3.05, 3.63) is 42.5 Å². The third-order valence-electron chi connectivity index (χ3n) is 3.92. The number of hydrogen-bond acceptors (Lipinski definition) is 6. The number of carbonyl (C=O) groups excluding carboxylic acids is 2. The summed E-state index contributed by atoms with van der Waals surface area (Å²) in [4.78, 5) is 24.2. The highest BCUT2D eigenvalue weighted by atomic mass is 16.6. The molecule has 8 nitrogen and oxygen atoms in total. The van der Waals surface area contributed by atoms with Crippen LogP contribution >= 0.6 is 0 Å². The first-order valence-corrected chi connectivity index (χ1v) is 8.30. The molecule has 2 aromatic rings. The fourth-order valence-corrected chi connectivity index (χ4v) is 2.53. The zero-order chi connectivity index (χ0) is 19.2. The second-order valence-corrected chi connectivity index (χ2v) is 5.73. The van der Waals surface area contributed by atoms with Crippen LogP contribution in [-0.2, 0) is 9.59 Å². The Morgan fingerprint density at radius 2 is 1.85 bits per heavy atom. The molecular weight excluding hydrogens is 352 g/mol. The smallest absolute Gasteiger partial charge is 0.313 e. The summed E-state index contributed by atoms with van der Waals surface area (Å²) in [5.74, 6) is 0.630. The van der Waals surface area contributed by atoms with E-state index in [-0.39, 0.29) is 19.3 Å². The maximum Gasteiger partial charge on any atom is 0.313 e. The lowest BCUT2D eigenvalue weighted by molar-refractivity contribution is -0.136. The Balaban J connectivity index is 1.54. The molecule has 2 N–H and O–H groups in total.